The van der Waals surface area contributed by atoms with Gasteiger partial charge in [-0.15, -0.1) is 0 Å². The molecule has 1 amide bonds. The minimum atomic E-state index is 0.110. The number of hydrogen-bond acceptors (Lipinski definition) is 4. The third-order valence-corrected chi connectivity index (χ3v) is 5.95. The molecule has 2 fully saturated rings. The molecule has 1 aromatic heterocycles. The molecule has 2 heterocycles. The van der Waals surface area contributed by atoms with Gasteiger partial charge >= 0.3 is 0 Å². The van der Waals surface area contributed by atoms with Crippen molar-refractivity contribution >= 4 is 5.91 Å². The second-order valence-corrected chi connectivity index (χ2v) is 7.54. The van der Waals surface area contributed by atoms with Gasteiger partial charge in [0, 0.05) is 36.5 Å². The lowest BCUT2D eigenvalue weighted by Gasteiger charge is -2.48. The minimum Gasteiger partial charge on any atom is -0.377 e. The smallest absolute Gasteiger partial charge is 0.220 e. The van der Waals surface area contributed by atoms with Gasteiger partial charge in [0.2, 0.25) is 5.91 Å². The van der Waals surface area contributed by atoms with E-state index in [2.05, 4.69) is 34.7 Å². The number of aryl methyl sites for hydroxylation is 2. The molecule has 5 nitrogen and oxygen atoms in total. The molecule has 1 aliphatic carbocycles. The Bertz CT molecular complexity index is 751. The number of carbonyl (C=O) groups is 1. The largest absolute Gasteiger partial charge is 0.377 e. The van der Waals surface area contributed by atoms with Crippen molar-refractivity contribution in [3.05, 3.63) is 52.9 Å². The number of benzene rings is 1. The van der Waals surface area contributed by atoms with E-state index in [4.69, 9.17) is 9.26 Å². The fourth-order valence-corrected chi connectivity index (χ4v) is 4.53. The van der Waals surface area contributed by atoms with Gasteiger partial charge in [0.25, 0.3) is 0 Å². The number of aromatic nitrogens is 1. The normalized spacial score (nSPS) is 27.0. The fourth-order valence-electron chi connectivity index (χ4n) is 4.53. The van der Waals surface area contributed by atoms with Crippen molar-refractivity contribution in [3.63, 3.8) is 0 Å². The van der Waals surface area contributed by atoms with Crippen LogP contribution in [0.1, 0.15) is 35.4 Å². The predicted octanol–water partition coefficient (Wildman–Crippen LogP) is 2.99. The Morgan fingerprint density at radius 1 is 1.27 bits per heavy atom. The van der Waals surface area contributed by atoms with Crippen molar-refractivity contribution in [3.8, 4) is 0 Å². The van der Waals surface area contributed by atoms with E-state index in [0.717, 1.165) is 36.5 Å². The molecule has 4 rings (SSSR count). The molecule has 0 unspecified atom stereocenters. The molecule has 138 valence electrons. The molecule has 2 aliphatic rings. The molecule has 26 heavy (non-hydrogen) atoms. The molecule has 5 heteroatoms. The summed E-state index contributed by atoms with van der Waals surface area (Å²) in [6.45, 7) is 4.63. The molecule has 0 spiro atoms. The van der Waals surface area contributed by atoms with Crippen molar-refractivity contribution < 1.29 is 14.1 Å². The van der Waals surface area contributed by atoms with Gasteiger partial charge in [0.05, 0.1) is 11.8 Å². The van der Waals surface area contributed by atoms with E-state index in [1.165, 1.54) is 5.56 Å². The van der Waals surface area contributed by atoms with Crippen LogP contribution in [0.4, 0.5) is 0 Å². The standard InChI is InChI=1S/C21H26N2O3/c1-13-16(14(2)26-23-13)8-9-19(24)22-20-17-10-11-25-21(17)18(20)12-15-6-4-3-5-7-15/h3-7,17-18,20-21H,8-12H2,1-2H3,(H,22,24)/t17-,18+,20-,21-/m1/s1. The van der Waals surface area contributed by atoms with Crippen molar-refractivity contribution in [1.82, 2.24) is 10.5 Å². The van der Waals surface area contributed by atoms with Gasteiger partial charge in [-0.05, 0) is 38.7 Å². The second kappa shape index (κ2) is 7.23. The van der Waals surface area contributed by atoms with E-state index in [1.54, 1.807) is 0 Å². The van der Waals surface area contributed by atoms with Crippen molar-refractivity contribution in [2.24, 2.45) is 11.8 Å². The monoisotopic (exact) mass is 354 g/mol. The van der Waals surface area contributed by atoms with Gasteiger partial charge in [0.15, 0.2) is 0 Å². The van der Waals surface area contributed by atoms with E-state index in [9.17, 15) is 4.79 Å². The lowest BCUT2D eigenvalue weighted by molar-refractivity contribution is -0.127. The summed E-state index contributed by atoms with van der Waals surface area (Å²) in [6, 6.07) is 10.7. The summed E-state index contributed by atoms with van der Waals surface area (Å²) >= 11 is 0. The molecule has 4 atom stereocenters. The Kier molecular flexibility index (Phi) is 4.81. The Labute approximate surface area is 154 Å². The molecule has 0 radical (unpaired) electrons. The summed E-state index contributed by atoms with van der Waals surface area (Å²) in [4.78, 5) is 12.5. The van der Waals surface area contributed by atoms with E-state index < -0.39 is 0 Å². The van der Waals surface area contributed by atoms with Crippen LogP contribution in [-0.2, 0) is 22.4 Å². The third-order valence-electron chi connectivity index (χ3n) is 5.95. The van der Waals surface area contributed by atoms with E-state index in [1.807, 2.05) is 19.9 Å². The van der Waals surface area contributed by atoms with Crippen LogP contribution >= 0.6 is 0 Å². The van der Waals surface area contributed by atoms with Crippen LogP contribution in [0.3, 0.4) is 0 Å². The number of nitrogens with zero attached hydrogens (tertiary/aromatic N) is 1. The van der Waals surface area contributed by atoms with Crippen molar-refractivity contribution in [2.75, 3.05) is 6.61 Å². The first kappa shape index (κ1) is 17.3. The van der Waals surface area contributed by atoms with E-state index in [-0.39, 0.29) is 11.9 Å². The fraction of sp³-hybridized carbons (Fsp3) is 0.524. The molecule has 1 N–H and O–H groups in total. The average molecular weight is 354 g/mol. The van der Waals surface area contributed by atoms with Crippen LogP contribution in [0.15, 0.2) is 34.9 Å². The number of carbonyl (C=O) groups excluding carboxylic acids is 1. The van der Waals surface area contributed by atoms with Crippen LogP contribution in [0.25, 0.3) is 0 Å². The van der Waals surface area contributed by atoms with E-state index >= 15 is 0 Å². The summed E-state index contributed by atoms with van der Waals surface area (Å²) in [5, 5.41) is 7.25. The maximum Gasteiger partial charge on any atom is 0.220 e. The molecular formula is C21H26N2O3. The van der Waals surface area contributed by atoms with Gasteiger partial charge in [-0.25, -0.2) is 0 Å². The number of rotatable bonds is 6. The van der Waals surface area contributed by atoms with Gasteiger partial charge in [0.1, 0.15) is 5.76 Å². The van der Waals surface area contributed by atoms with Crippen LogP contribution in [-0.4, -0.2) is 29.8 Å². The number of hydrogen-bond donors (Lipinski definition) is 1. The maximum absolute atomic E-state index is 12.5. The van der Waals surface area contributed by atoms with E-state index in [0.29, 0.717) is 30.8 Å². The topological polar surface area (TPSA) is 64.4 Å². The lowest BCUT2D eigenvalue weighted by Crippen LogP contribution is -2.62. The highest BCUT2D eigenvalue weighted by molar-refractivity contribution is 5.76. The SMILES string of the molecule is Cc1noc(C)c1CCC(=O)N[C@@H]1[C@H]2CCO[C@H]2[C@H]1Cc1ccccc1. The predicted molar refractivity (Wildman–Crippen MR) is 97.7 cm³/mol. The number of fused-ring (bicyclic) bond motifs is 1. The first-order valence-electron chi connectivity index (χ1n) is 9.50. The summed E-state index contributed by atoms with van der Waals surface area (Å²) in [5.41, 5.74) is 3.24. The third kappa shape index (κ3) is 3.28. The molecule has 0 bridgehead atoms. The molecular weight excluding hydrogens is 328 g/mol. The Balaban J connectivity index is 1.37. The maximum atomic E-state index is 12.5. The highest BCUT2D eigenvalue weighted by Gasteiger charge is 2.53. The zero-order chi connectivity index (χ0) is 18.1. The second-order valence-electron chi connectivity index (χ2n) is 7.54. The van der Waals surface area contributed by atoms with Gasteiger partial charge in [-0.1, -0.05) is 35.5 Å². The molecule has 1 saturated heterocycles. The number of ether oxygens (including phenoxy) is 1. The summed E-state index contributed by atoms with van der Waals surface area (Å²) in [6.07, 6.45) is 3.44. The lowest BCUT2D eigenvalue weighted by atomic mass is 9.64. The highest BCUT2D eigenvalue weighted by atomic mass is 16.5. The molecule has 1 saturated carbocycles. The number of nitrogens with one attached hydrogen (secondary N) is 1. The molecule has 2 aromatic rings. The summed E-state index contributed by atoms with van der Waals surface area (Å²) in [5.74, 6) is 1.75. The van der Waals surface area contributed by atoms with Crippen molar-refractivity contribution in [2.45, 2.75) is 51.7 Å². The molecule has 1 aromatic carbocycles. The Hall–Kier alpha value is -2.14. The van der Waals surface area contributed by atoms with Crippen LogP contribution in [0.5, 0.6) is 0 Å². The first-order chi connectivity index (χ1) is 12.6. The van der Waals surface area contributed by atoms with Gasteiger partial charge in [-0.3, -0.25) is 4.79 Å². The first-order valence-corrected chi connectivity index (χ1v) is 9.50. The summed E-state index contributed by atoms with van der Waals surface area (Å²) in [7, 11) is 0. The summed E-state index contributed by atoms with van der Waals surface area (Å²) < 4.78 is 11.1. The van der Waals surface area contributed by atoms with Gasteiger partial charge < -0.3 is 14.6 Å². The van der Waals surface area contributed by atoms with Gasteiger partial charge in [-0.2, -0.15) is 0 Å². The average Bonchev–Trinajstić information content (AvgIpc) is 3.21. The molecule has 1 aliphatic heterocycles. The minimum absolute atomic E-state index is 0.110. The highest BCUT2D eigenvalue weighted by Crippen LogP contribution is 2.45. The zero-order valence-electron chi connectivity index (χ0n) is 15.4. The Morgan fingerprint density at radius 3 is 2.81 bits per heavy atom. The van der Waals surface area contributed by atoms with Crippen LogP contribution in [0, 0.1) is 25.7 Å². The number of amides is 1. The Morgan fingerprint density at radius 2 is 2.08 bits per heavy atom. The zero-order valence-corrected chi connectivity index (χ0v) is 15.4. The quantitative estimate of drug-likeness (QED) is 0.866. The van der Waals surface area contributed by atoms with Crippen molar-refractivity contribution in [1.29, 1.82) is 0 Å². The van der Waals surface area contributed by atoms with Crippen LogP contribution in [0.2, 0.25) is 0 Å². The van der Waals surface area contributed by atoms with Crippen LogP contribution < -0.4 is 5.32 Å².